The van der Waals surface area contributed by atoms with E-state index in [0.717, 1.165) is 37.1 Å². The third-order valence-corrected chi connectivity index (χ3v) is 7.06. The highest BCUT2D eigenvalue weighted by atomic mass is 16.5. The van der Waals surface area contributed by atoms with Crippen LogP contribution in [0.4, 0.5) is 0 Å². The Labute approximate surface area is 202 Å². The molecule has 0 radical (unpaired) electrons. The van der Waals surface area contributed by atoms with Crippen molar-refractivity contribution in [1.82, 2.24) is 9.80 Å². The van der Waals surface area contributed by atoms with Crippen LogP contribution in [-0.4, -0.2) is 67.6 Å². The summed E-state index contributed by atoms with van der Waals surface area (Å²) in [6, 6.07) is 19.7. The van der Waals surface area contributed by atoms with Crippen molar-refractivity contribution in [3.63, 3.8) is 0 Å². The maximum atomic E-state index is 13.7. The van der Waals surface area contributed by atoms with Crippen molar-refractivity contribution in [1.29, 1.82) is 0 Å². The molecule has 2 aromatic rings. The lowest BCUT2D eigenvalue weighted by Gasteiger charge is -2.44. The second-order valence-corrected chi connectivity index (χ2v) is 9.51. The number of hydrogen-bond donors (Lipinski definition) is 0. The van der Waals surface area contributed by atoms with Gasteiger partial charge in [0.2, 0.25) is 11.8 Å². The molecule has 2 atom stereocenters. The van der Waals surface area contributed by atoms with Gasteiger partial charge in [-0.15, -0.1) is 0 Å². The van der Waals surface area contributed by atoms with Gasteiger partial charge in [0.15, 0.2) is 0 Å². The van der Waals surface area contributed by atoms with Gasteiger partial charge in [-0.05, 0) is 37.0 Å². The van der Waals surface area contributed by atoms with E-state index in [1.165, 1.54) is 0 Å². The predicted octanol–water partition coefficient (Wildman–Crippen LogP) is 4.12. The van der Waals surface area contributed by atoms with Crippen LogP contribution in [0, 0.1) is 5.41 Å². The first kappa shape index (κ1) is 24.3. The fourth-order valence-electron chi connectivity index (χ4n) is 5.17. The molecule has 0 spiro atoms. The molecule has 34 heavy (non-hydrogen) atoms. The number of piperidine rings is 1. The minimum absolute atomic E-state index is 0.129. The number of likely N-dealkylation sites (tertiary alicyclic amines) is 1. The van der Waals surface area contributed by atoms with E-state index in [2.05, 4.69) is 6.92 Å². The number of rotatable bonds is 8. The van der Waals surface area contributed by atoms with Gasteiger partial charge in [0.05, 0.1) is 25.7 Å². The van der Waals surface area contributed by atoms with E-state index < -0.39 is 5.41 Å². The zero-order valence-corrected chi connectivity index (χ0v) is 20.2. The summed E-state index contributed by atoms with van der Waals surface area (Å²) < 4.78 is 11.6. The lowest BCUT2D eigenvalue weighted by molar-refractivity contribution is -0.144. The lowest BCUT2D eigenvalue weighted by Crippen LogP contribution is -2.52. The molecule has 2 saturated heterocycles. The average molecular weight is 465 g/mol. The molecule has 2 unspecified atom stereocenters. The Morgan fingerprint density at radius 3 is 2.32 bits per heavy atom. The van der Waals surface area contributed by atoms with E-state index in [9.17, 15) is 9.59 Å². The average Bonchev–Trinajstić information content (AvgIpc) is 2.90. The molecule has 4 rings (SSSR count). The Morgan fingerprint density at radius 1 is 0.971 bits per heavy atom. The number of ether oxygens (including phenoxy) is 2. The minimum atomic E-state index is -0.409. The summed E-state index contributed by atoms with van der Waals surface area (Å²) in [6.45, 7) is 6.16. The quantitative estimate of drug-likeness (QED) is 0.590. The van der Waals surface area contributed by atoms with Crippen LogP contribution in [-0.2, 0) is 14.3 Å². The van der Waals surface area contributed by atoms with Gasteiger partial charge in [-0.1, -0.05) is 55.5 Å². The molecule has 0 aromatic heterocycles. The summed E-state index contributed by atoms with van der Waals surface area (Å²) in [5.74, 6) is 0.905. The molecule has 2 heterocycles. The number of nitrogens with zero attached hydrogens (tertiary/aromatic N) is 2. The standard InChI is InChI=1S/C28H36N2O4/c1-2-25(23-10-5-3-6-11-23)27(32)30-15-9-14-28(21-30,22-34-24-12-7-4-8-13-24)20-26(31)29-16-18-33-19-17-29/h3-8,10-13,25H,2,9,14-22H2,1H3. The molecule has 182 valence electrons. The molecule has 2 amide bonds. The van der Waals surface area contributed by atoms with Crippen molar-refractivity contribution in [3.05, 3.63) is 66.2 Å². The Morgan fingerprint density at radius 2 is 1.65 bits per heavy atom. The van der Waals surface area contributed by atoms with Crippen LogP contribution < -0.4 is 4.74 Å². The van der Waals surface area contributed by atoms with E-state index in [-0.39, 0.29) is 17.7 Å². The molecule has 2 aliphatic rings. The summed E-state index contributed by atoms with van der Waals surface area (Å²) in [5.41, 5.74) is 0.643. The predicted molar refractivity (Wildman–Crippen MR) is 132 cm³/mol. The van der Waals surface area contributed by atoms with Gasteiger partial charge in [0.1, 0.15) is 5.75 Å². The molecule has 0 aliphatic carbocycles. The number of morpholine rings is 1. The lowest BCUT2D eigenvalue weighted by atomic mass is 9.76. The van der Waals surface area contributed by atoms with E-state index in [0.29, 0.717) is 45.9 Å². The zero-order valence-electron chi connectivity index (χ0n) is 20.2. The van der Waals surface area contributed by atoms with Gasteiger partial charge in [0.25, 0.3) is 0 Å². The van der Waals surface area contributed by atoms with Crippen molar-refractivity contribution < 1.29 is 19.1 Å². The van der Waals surface area contributed by atoms with Crippen LogP contribution in [0.5, 0.6) is 5.75 Å². The smallest absolute Gasteiger partial charge is 0.230 e. The summed E-state index contributed by atoms with van der Waals surface area (Å²) in [4.78, 5) is 30.8. The second kappa shape index (κ2) is 11.5. The molecule has 6 nitrogen and oxygen atoms in total. The molecule has 2 aliphatic heterocycles. The van der Waals surface area contributed by atoms with Gasteiger partial charge in [-0.2, -0.15) is 0 Å². The second-order valence-electron chi connectivity index (χ2n) is 9.51. The van der Waals surface area contributed by atoms with Crippen LogP contribution in [0.15, 0.2) is 60.7 Å². The highest BCUT2D eigenvalue weighted by Crippen LogP contribution is 2.37. The minimum Gasteiger partial charge on any atom is -0.493 e. The van der Waals surface area contributed by atoms with Gasteiger partial charge < -0.3 is 19.3 Å². The first-order valence-electron chi connectivity index (χ1n) is 12.5. The highest BCUT2D eigenvalue weighted by Gasteiger charge is 2.42. The molecular weight excluding hydrogens is 428 g/mol. The third-order valence-electron chi connectivity index (χ3n) is 7.06. The van der Waals surface area contributed by atoms with Crippen molar-refractivity contribution >= 4 is 11.8 Å². The van der Waals surface area contributed by atoms with Gasteiger partial charge >= 0.3 is 0 Å². The van der Waals surface area contributed by atoms with Crippen LogP contribution in [0.1, 0.15) is 44.1 Å². The number of amides is 2. The summed E-state index contributed by atoms with van der Waals surface area (Å²) >= 11 is 0. The fourth-order valence-corrected chi connectivity index (χ4v) is 5.17. The Bertz CT molecular complexity index is 930. The fraction of sp³-hybridized carbons (Fsp3) is 0.500. The zero-order chi connectivity index (χ0) is 23.8. The molecule has 0 N–H and O–H groups in total. The van der Waals surface area contributed by atoms with Crippen molar-refractivity contribution in [2.24, 2.45) is 5.41 Å². The third kappa shape index (κ3) is 5.98. The largest absolute Gasteiger partial charge is 0.493 e. The number of hydrogen-bond acceptors (Lipinski definition) is 4. The highest BCUT2D eigenvalue weighted by molar-refractivity contribution is 5.84. The molecular formula is C28H36N2O4. The van der Waals surface area contributed by atoms with Crippen LogP contribution in [0.3, 0.4) is 0 Å². The van der Waals surface area contributed by atoms with Crippen molar-refractivity contribution in [2.75, 3.05) is 46.0 Å². The Balaban J connectivity index is 1.52. The normalized spacial score (nSPS) is 21.7. The number of benzene rings is 2. The van der Waals surface area contributed by atoms with Gasteiger partial charge in [-0.3, -0.25) is 9.59 Å². The number of para-hydroxylation sites is 1. The van der Waals surface area contributed by atoms with Gasteiger partial charge in [-0.25, -0.2) is 0 Å². The maximum Gasteiger partial charge on any atom is 0.230 e. The van der Waals surface area contributed by atoms with Gasteiger partial charge in [0, 0.05) is 38.0 Å². The number of carbonyl (C=O) groups is 2. The van der Waals surface area contributed by atoms with E-state index in [1.54, 1.807) is 0 Å². The Kier molecular flexibility index (Phi) is 8.22. The van der Waals surface area contributed by atoms with Crippen molar-refractivity contribution in [2.45, 2.75) is 38.5 Å². The first-order chi connectivity index (χ1) is 16.6. The van der Waals surface area contributed by atoms with E-state index in [4.69, 9.17) is 9.47 Å². The Hall–Kier alpha value is -2.86. The molecule has 0 saturated carbocycles. The topological polar surface area (TPSA) is 59.1 Å². The van der Waals surface area contributed by atoms with Crippen molar-refractivity contribution in [3.8, 4) is 5.75 Å². The molecule has 6 heteroatoms. The summed E-state index contributed by atoms with van der Waals surface area (Å²) in [7, 11) is 0. The SMILES string of the molecule is CCC(C(=O)N1CCCC(COc2ccccc2)(CC(=O)N2CCOCC2)C1)c1ccccc1. The summed E-state index contributed by atoms with van der Waals surface area (Å²) in [6.07, 6.45) is 2.86. The van der Waals surface area contributed by atoms with E-state index >= 15 is 0 Å². The maximum absolute atomic E-state index is 13.7. The van der Waals surface area contributed by atoms with Crippen LogP contribution in [0.2, 0.25) is 0 Å². The van der Waals surface area contributed by atoms with Crippen LogP contribution >= 0.6 is 0 Å². The van der Waals surface area contributed by atoms with E-state index in [1.807, 2.05) is 70.5 Å². The molecule has 2 fully saturated rings. The molecule has 2 aromatic carbocycles. The monoisotopic (exact) mass is 464 g/mol. The summed E-state index contributed by atoms with van der Waals surface area (Å²) in [5, 5.41) is 0. The first-order valence-corrected chi connectivity index (χ1v) is 12.5. The van der Waals surface area contributed by atoms with Crippen LogP contribution in [0.25, 0.3) is 0 Å². The number of carbonyl (C=O) groups excluding carboxylic acids is 2. The molecule has 0 bridgehead atoms.